The van der Waals surface area contributed by atoms with Crippen LogP contribution in [0.5, 0.6) is 0 Å². The first-order valence-corrected chi connectivity index (χ1v) is 5.19. The predicted octanol–water partition coefficient (Wildman–Crippen LogP) is 2.71. The number of alkyl halides is 3. The highest BCUT2D eigenvalue weighted by Gasteiger charge is 2.31. The van der Waals surface area contributed by atoms with Gasteiger partial charge >= 0.3 is 6.18 Å². The van der Waals surface area contributed by atoms with E-state index >= 15 is 0 Å². The van der Waals surface area contributed by atoms with E-state index in [-0.39, 0.29) is 10.7 Å². The number of pyridine rings is 1. The third-order valence-corrected chi connectivity index (χ3v) is 2.19. The summed E-state index contributed by atoms with van der Waals surface area (Å²) in [5.41, 5.74) is -0.752. The third-order valence-electron chi connectivity index (χ3n) is 1.89. The van der Waals surface area contributed by atoms with Crippen LogP contribution in [0.25, 0.3) is 0 Å². The molecule has 0 bridgehead atoms. The van der Waals surface area contributed by atoms with E-state index in [2.05, 4.69) is 22.1 Å². The average molecular weight is 263 g/mol. The summed E-state index contributed by atoms with van der Waals surface area (Å²) in [5.74, 6) is 5.29. The molecule has 2 nitrogen and oxygen atoms in total. The highest BCUT2D eigenvalue weighted by atomic mass is 35.5. The minimum absolute atomic E-state index is 0.0186. The standard InChI is InChI=1S/C11H10ClF3N2/c1-16-5-3-2-4-8-6-9(11(13,14)15)7-17-10(8)12/h6-7,16H,3,5H2,1H3. The summed E-state index contributed by atoms with van der Waals surface area (Å²) in [6.07, 6.45) is -3.21. The van der Waals surface area contributed by atoms with Gasteiger partial charge in [0.05, 0.1) is 11.1 Å². The SMILES string of the molecule is CNCCC#Cc1cc(C(F)(F)F)cnc1Cl. The van der Waals surface area contributed by atoms with Gasteiger partial charge in [0.2, 0.25) is 0 Å². The lowest BCUT2D eigenvalue weighted by molar-refractivity contribution is -0.137. The Morgan fingerprint density at radius 3 is 2.76 bits per heavy atom. The molecular formula is C11H10ClF3N2. The molecule has 0 spiro atoms. The normalized spacial score (nSPS) is 10.9. The van der Waals surface area contributed by atoms with Gasteiger partial charge in [-0.2, -0.15) is 13.2 Å². The summed E-state index contributed by atoms with van der Waals surface area (Å²) < 4.78 is 37.2. The van der Waals surface area contributed by atoms with Gasteiger partial charge in [0, 0.05) is 19.2 Å². The molecule has 0 saturated heterocycles. The van der Waals surface area contributed by atoms with Crippen LogP contribution >= 0.6 is 11.6 Å². The lowest BCUT2D eigenvalue weighted by atomic mass is 10.2. The lowest BCUT2D eigenvalue weighted by Gasteiger charge is -2.06. The number of halogens is 4. The van der Waals surface area contributed by atoms with E-state index in [1.807, 2.05) is 0 Å². The summed E-state index contributed by atoms with van der Waals surface area (Å²) in [6.45, 7) is 0.664. The highest BCUT2D eigenvalue weighted by Crippen LogP contribution is 2.30. The van der Waals surface area contributed by atoms with Crippen molar-refractivity contribution in [3.8, 4) is 11.8 Å². The first-order chi connectivity index (χ1) is 7.95. The van der Waals surface area contributed by atoms with Crippen LogP contribution in [0.2, 0.25) is 5.15 Å². The van der Waals surface area contributed by atoms with Gasteiger partial charge < -0.3 is 5.32 Å². The summed E-state index contributed by atoms with van der Waals surface area (Å²) in [5, 5.41) is 2.85. The van der Waals surface area contributed by atoms with Crippen LogP contribution in [-0.2, 0) is 6.18 Å². The van der Waals surface area contributed by atoms with E-state index in [9.17, 15) is 13.2 Å². The van der Waals surface area contributed by atoms with Crippen LogP contribution in [0.3, 0.4) is 0 Å². The molecule has 0 amide bonds. The number of rotatable bonds is 2. The summed E-state index contributed by atoms with van der Waals surface area (Å²) in [4.78, 5) is 3.47. The Morgan fingerprint density at radius 1 is 1.47 bits per heavy atom. The fourth-order valence-corrected chi connectivity index (χ4v) is 1.19. The fraction of sp³-hybridized carbons (Fsp3) is 0.364. The van der Waals surface area contributed by atoms with Crippen molar-refractivity contribution < 1.29 is 13.2 Å². The van der Waals surface area contributed by atoms with Crippen molar-refractivity contribution in [1.82, 2.24) is 10.3 Å². The van der Waals surface area contributed by atoms with Crippen LogP contribution in [0.1, 0.15) is 17.5 Å². The molecule has 6 heteroatoms. The van der Waals surface area contributed by atoms with Crippen LogP contribution in [-0.4, -0.2) is 18.6 Å². The van der Waals surface area contributed by atoms with Crippen molar-refractivity contribution in [1.29, 1.82) is 0 Å². The monoisotopic (exact) mass is 262 g/mol. The minimum Gasteiger partial charge on any atom is -0.319 e. The molecule has 0 radical (unpaired) electrons. The quantitative estimate of drug-likeness (QED) is 0.504. The zero-order chi connectivity index (χ0) is 12.9. The molecule has 1 aromatic rings. The van der Waals surface area contributed by atoms with Crippen LogP contribution in [0.4, 0.5) is 13.2 Å². The third kappa shape index (κ3) is 4.25. The molecule has 1 heterocycles. The molecule has 0 aliphatic rings. The maximum atomic E-state index is 12.4. The molecule has 1 aromatic heterocycles. The first kappa shape index (κ1) is 13.8. The zero-order valence-corrected chi connectivity index (χ0v) is 9.78. The summed E-state index contributed by atoms with van der Waals surface area (Å²) in [7, 11) is 1.76. The fourth-order valence-electron chi connectivity index (χ4n) is 1.04. The number of nitrogens with one attached hydrogen (secondary N) is 1. The van der Waals surface area contributed by atoms with Gasteiger partial charge in [0.25, 0.3) is 0 Å². The Bertz CT molecular complexity index is 446. The molecule has 0 saturated carbocycles. The smallest absolute Gasteiger partial charge is 0.319 e. The molecule has 0 aliphatic heterocycles. The van der Waals surface area contributed by atoms with Gasteiger partial charge in [0.15, 0.2) is 0 Å². The van der Waals surface area contributed by atoms with Crippen LogP contribution in [0.15, 0.2) is 12.3 Å². The van der Waals surface area contributed by atoms with E-state index in [0.717, 1.165) is 6.07 Å². The lowest BCUT2D eigenvalue weighted by Crippen LogP contribution is -2.06. The van der Waals surface area contributed by atoms with E-state index in [1.165, 1.54) is 0 Å². The Morgan fingerprint density at radius 2 is 2.18 bits per heavy atom. The molecule has 0 unspecified atom stereocenters. The van der Waals surface area contributed by atoms with Crippen LogP contribution in [0, 0.1) is 11.8 Å². The molecule has 17 heavy (non-hydrogen) atoms. The van der Waals surface area contributed by atoms with E-state index in [1.54, 1.807) is 7.05 Å². The number of nitrogens with zero attached hydrogens (tertiary/aromatic N) is 1. The Kier molecular flexibility index (Phi) is 4.79. The maximum absolute atomic E-state index is 12.4. The van der Waals surface area contributed by atoms with Crippen molar-refractivity contribution in [2.45, 2.75) is 12.6 Å². The van der Waals surface area contributed by atoms with Crippen molar-refractivity contribution in [3.63, 3.8) is 0 Å². The Balaban J connectivity index is 2.94. The second-order valence-corrected chi connectivity index (χ2v) is 3.57. The van der Waals surface area contributed by atoms with Crippen molar-refractivity contribution in [2.24, 2.45) is 0 Å². The van der Waals surface area contributed by atoms with E-state index in [0.29, 0.717) is 19.2 Å². The highest BCUT2D eigenvalue weighted by molar-refractivity contribution is 6.30. The van der Waals surface area contributed by atoms with Crippen molar-refractivity contribution in [3.05, 3.63) is 28.5 Å². The molecule has 92 valence electrons. The molecule has 0 atom stereocenters. The second kappa shape index (κ2) is 5.89. The van der Waals surface area contributed by atoms with Gasteiger partial charge in [0.1, 0.15) is 5.15 Å². The summed E-state index contributed by atoms with van der Waals surface area (Å²) >= 11 is 5.66. The topological polar surface area (TPSA) is 24.9 Å². The molecular weight excluding hydrogens is 253 g/mol. The second-order valence-electron chi connectivity index (χ2n) is 3.22. The number of hydrogen-bond acceptors (Lipinski definition) is 2. The molecule has 1 rings (SSSR count). The van der Waals surface area contributed by atoms with Gasteiger partial charge in [-0.25, -0.2) is 4.98 Å². The van der Waals surface area contributed by atoms with Crippen molar-refractivity contribution >= 4 is 11.6 Å². The predicted molar refractivity (Wildman–Crippen MR) is 59.7 cm³/mol. The van der Waals surface area contributed by atoms with Crippen LogP contribution < -0.4 is 5.32 Å². The molecule has 0 fully saturated rings. The van der Waals surface area contributed by atoms with E-state index in [4.69, 9.17) is 11.6 Å². The number of aromatic nitrogens is 1. The van der Waals surface area contributed by atoms with Gasteiger partial charge in [-0.15, -0.1) is 0 Å². The Labute approximate surface area is 102 Å². The summed E-state index contributed by atoms with van der Waals surface area (Å²) in [6, 6.07) is 0.904. The van der Waals surface area contributed by atoms with Gasteiger partial charge in [-0.05, 0) is 13.1 Å². The Hall–Kier alpha value is -1.25. The number of hydrogen-bond donors (Lipinski definition) is 1. The zero-order valence-electron chi connectivity index (χ0n) is 9.03. The van der Waals surface area contributed by atoms with Gasteiger partial charge in [-0.1, -0.05) is 23.4 Å². The van der Waals surface area contributed by atoms with Gasteiger partial charge in [-0.3, -0.25) is 0 Å². The largest absolute Gasteiger partial charge is 0.417 e. The molecule has 0 aliphatic carbocycles. The molecule has 0 aromatic carbocycles. The van der Waals surface area contributed by atoms with Crippen molar-refractivity contribution in [2.75, 3.05) is 13.6 Å². The average Bonchev–Trinajstić information content (AvgIpc) is 2.25. The maximum Gasteiger partial charge on any atom is 0.417 e. The minimum atomic E-state index is -4.43. The molecule has 1 N–H and O–H groups in total. The van der Waals surface area contributed by atoms with E-state index < -0.39 is 11.7 Å². The first-order valence-electron chi connectivity index (χ1n) is 4.81.